The van der Waals surface area contributed by atoms with Crippen molar-refractivity contribution in [2.75, 3.05) is 25.7 Å². The molecule has 1 amide bonds. The number of aryl methyl sites for hydroxylation is 1. The number of aromatic nitrogens is 1. The van der Waals surface area contributed by atoms with Crippen LogP contribution in [-0.4, -0.2) is 44.0 Å². The van der Waals surface area contributed by atoms with Gasteiger partial charge in [0.25, 0.3) is 5.91 Å². The minimum atomic E-state index is -3.58. The van der Waals surface area contributed by atoms with E-state index >= 15 is 0 Å². The second-order valence-electron chi connectivity index (χ2n) is 5.28. The highest BCUT2D eigenvalue weighted by atomic mass is 32.2. The molecule has 0 aliphatic rings. The number of carbonyl (C=O) groups excluding carboxylic acids is 1. The molecule has 0 atom stereocenters. The van der Waals surface area contributed by atoms with Crippen LogP contribution >= 0.6 is 11.8 Å². The Balaban J connectivity index is 2.36. The fraction of sp³-hybridized carbons (Fsp3) is 0.250. The van der Waals surface area contributed by atoms with E-state index in [-0.39, 0.29) is 10.8 Å². The average Bonchev–Trinajstić information content (AvgIpc) is 2.56. The molecule has 0 unspecified atom stereocenters. The van der Waals surface area contributed by atoms with Crippen molar-refractivity contribution in [3.63, 3.8) is 0 Å². The maximum Gasteiger partial charge on any atom is 0.258 e. The summed E-state index contributed by atoms with van der Waals surface area (Å²) in [6.07, 6.45) is 3.46. The van der Waals surface area contributed by atoms with Crippen LogP contribution in [0, 0.1) is 6.92 Å². The van der Waals surface area contributed by atoms with Crippen molar-refractivity contribution in [2.24, 2.45) is 0 Å². The van der Waals surface area contributed by atoms with Gasteiger partial charge >= 0.3 is 0 Å². The summed E-state index contributed by atoms with van der Waals surface area (Å²) >= 11 is 1.37. The first kappa shape index (κ1) is 18.4. The largest absolute Gasteiger partial charge is 0.322 e. The third-order valence-corrected chi connectivity index (χ3v) is 6.08. The third kappa shape index (κ3) is 3.77. The maximum atomic E-state index is 12.4. The van der Waals surface area contributed by atoms with E-state index in [9.17, 15) is 13.2 Å². The Morgan fingerprint density at radius 2 is 1.96 bits per heavy atom. The van der Waals surface area contributed by atoms with Crippen LogP contribution in [0.15, 0.2) is 46.5 Å². The lowest BCUT2D eigenvalue weighted by atomic mass is 10.2. The number of hydrogen-bond acceptors (Lipinski definition) is 5. The summed E-state index contributed by atoms with van der Waals surface area (Å²) in [6, 6.07) is 8.19. The van der Waals surface area contributed by atoms with E-state index in [2.05, 4.69) is 10.3 Å². The molecular weight excluding hydrogens is 346 g/mol. The number of hydrogen-bond donors (Lipinski definition) is 1. The van der Waals surface area contributed by atoms with Gasteiger partial charge in [-0.25, -0.2) is 17.7 Å². The SMILES string of the molecule is CSc1ncccc1C(=O)Nc1ccc(C)c(S(=O)(=O)N(C)C)c1. The summed E-state index contributed by atoms with van der Waals surface area (Å²) in [7, 11) is -0.632. The van der Waals surface area contributed by atoms with Crippen LogP contribution in [0.3, 0.4) is 0 Å². The van der Waals surface area contributed by atoms with Crippen molar-refractivity contribution in [3.05, 3.63) is 47.7 Å². The van der Waals surface area contributed by atoms with Gasteiger partial charge in [0.1, 0.15) is 5.03 Å². The zero-order valence-corrected chi connectivity index (χ0v) is 15.5. The number of benzene rings is 1. The fourth-order valence-electron chi connectivity index (χ4n) is 2.08. The smallest absolute Gasteiger partial charge is 0.258 e. The highest BCUT2D eigenvalue weighted by Gasteiger charge is 2.21. The molecule has 2 rings (SSSR count). The molecule has 8 heteroatoms. The quantitative estimate of drug-likeness (QED) is 0.824. The number of pyridine rings is 1. The predicted octanol–water partition coefficient (Wildman–Crippen LogP) is 2.61. The molecule has 0 spiro atoms. The van der Waals surface area contributed by atoms with Crippen molar-refractivity contribution >= 4 is 33.4 Å². The monoisotopic (exact) mass is 365 g/mol. The number of nitrogens with one attached hydrogen (secondary N) is 1. The van der Waals surface area contributed by atoms with E-state index in [0.29, 0.717) is 21.8 Å². The van der Waals surface area contributed by atoms with Crippen LogP contribution in [0.25, 0.3) is 0 Å². The van der Waals surface area contributed by atoms with Gasteiger partial charge in [0.05, 0.1) is 10.5 Å². The second-order valence-corrected chi connectivity index (χ2v) is 8.20. The summed E-state index contributed by atoms with van der Waals surface area (Å²) in [5.74, 6) is -0.329. The van der Waals surface area contributed by atoms with Gasteiger partial charge in [-0.05, 0) is 43.0 Å². The molecule has 1 aromatic carbocycles. The van der Waals surface area contributed by atoms with Gasteiger partial charge in [0.2, 0.25) is 10.0 Å². The molecule has 0 saturated heterocycles. The van der Waals surface area contributed by atoms with Crippen LogP contribution in [0.5, 0.6) is 0 Å². The Kier molecular flexibility index (Phi) is 5.63. The van der Waals surface area contributed by atoms with Crippen molar-refractivity contribution in [3.8, 4) is 0 Å². The van der Waals surface area contributed by atoms with Crippen LogP contribution in [-0.2, 0) is 10.0 Å². The van der Waals surface area contributed by atoms with Gasteiger partial charge in [0.15, 0.2) is 0 Å². The molecule has 0 bridgehead atoms. The zero-order chi connectivity index (χ0) is 17.9. The number of amides is 1. The molecular formula is C16H19N3O3S2. The Hall–Kier alpha value is -1.90. The molecule has 0 saturated carbocycles. The molecule has 24 heavy (non-hydrogen) atoms. The number of anilines is 1. The van der Waals surface area contributed by atoms with Gasteiger partial charge in [-0.1, -0.05) is 6.07 Å². The first-order valence-corrected chi connectivity index (χ1v) is 9.77. The summed E-state index contributed by atoms with van der Waals surface area (Å²) < 4.78 is 25.9. The van der Waals surface area contributed by atoms with Crippen molar-refractivity contribution in [1.82, 2.24) is 9.29 Å². The van der Waals surface area contributed by atoms with E-state index in [4.69, 9.17) is 0 Å². The molecule has 0 radical (unpaired) electrons. The molecule has 0 aliphatic carbocycles. The Morgan fingerprint density at radius 1 is 1.25 bits per heavy atom. The predicted molar refractivity (Wildman–Crippen MR) is 96.0 cm³/mol. The number of sulfonamides is 1. The van der Waals surface area contributed by atoms with Crippen LogP contribution in [0.2, 0.25) is 0 Å². The number of carbonyl (C=O) groups is 1. The first-order valence-electron chi connectivity index (χ1n) is 7.11. The van der Waals surface area contributed by atoms with Crippen LogP contribution in [0.1, 0.15) is 15.9 Å². The van der Waals surface area contributed by atoms with E-state index in [1.54, 1.807) is 37.4 Å². The minimum Gasteiger partial charge on any atom is -0.322 e. The highest BCUT2D eigenvalue weighted by molar-refractivity contribution is 7.98. The van der Waals surface area contributed by atoms with E-state index < -0.39 is 10.0 Å². The Morgan fingerprint density at radius 3 is 2.58 bits per heavy atom. The van der Waals surface area contributed by atoms with Crippen molar-refractivity contribution in [2.45, 2.75) is 16.8 Å². The Labute approximate surface area is 146 Å². The van der Waals surface area contributed by atoms with Crippen LogP contribution < -0.4 is 5.32 Å². The molecule has 0 aliphatic heterocycles. The van der Waals surface area contributed by atoms with Gasteiger partial charge in [-0.3, -0.25) is 4.79 Å². The summed E-state index contributed by atoms with van der Waals surface area (Å²) in [5.41, 5.74) is 1.48. The standard InChI is InChI=1S/C16H19N3O3S2/c1-11-7-8-12(10-14(11)24(21,22)19(2)3)18-15(20)13-6-5-9-17-16(13)23-4/h5-10H,1-4H3,(H,18,20). The number of rotatable bonds is 5. The summed E-state index contributed by atoms with van der Waals surface area (Å²) in [6.45, 7) is 1.72. The van der Waals surface area contributed by atoms with E-state index in [1.807, 2.05) is 6.26 Å². The van der Waals surface area contributed by atoms with Gasteiger partial charge in [-0.15, -0.1) is 11.8 Å². The lowest BCUT2D eigenvalue weighted by Gasteiger charge is -2.15. The lowest BCUT2D eigenvalue weighted by Crippen LogP contribution is -2.23. The fourth-order valence-corrected chi connectivity index (χ4v) is 3.77. The Bertz CT molecular complexity index is 865. The summed E-state index contributed by atoms with van der Waals surface area (Å²) in [5, 5.41) is 3.35. The van der Waals surface area contributed by atoms with Crippen molar-refractivity contribution in [1.29, 1.82) is 0 Å². The molecule has 1 aromatic heterocycles. The molecule has 6 nitrogen and oxygen atoms in total. The minimum absolute atomic E-state index is 0.168. The van der Waals surface area contributed by atoms with E-state index in [0.717, 1.165) is 4.31 Å². The van der Waals surface area contributed by atoms with Gasteiger partial charge < -0.3 is 5.32 Å². The van der Waals surface area contributed by atoms with Crippen LogP contribution in [0.4, 0.5) is 5.69 Å². The summed E-state index contributed by atoms with van der Waals surface area (Å²) in [4.78, 5) is 16.8. The molecule has 0 fully saturated rings. The zero-order valence-electron chi connectivity index (χ0n) is 13.9. The topological polar surface area (TPSA) is 79.4 Å². The van der Waals surface area contributed by atoms with E-state index in [1.165, 1.54) is 31.9 Å². The highest BCUT2D eigenvalue weighted by Crippen LogP contribution is 2.24. The maximum absolute atomic E-state index is 12.4. The molecule has 1 N–H and O–H groups in total. The van der Waals surface area contributed by atoms with Gasteiger partial charge in [-0.2, -0.15) is 0 Å². The molecule has 1 heterocycles. The lowest BCUT2D eigenvalue weighted by molar-refractivity contribution is 0.102. The number of thioether (sulfide) groups is 1. The molecule has 2 aromatic rings. The normalized spacial score (nSPS) is 11.5. The van der Waals surface area contributed by atoms with Gasteiger partial charge in [0, 0.05) is 26.0 Å². The van der Waals surface area contributed by atoms with Crippen molar-refractivity contribution < 1.29 is 13.2 Å². The second kappa shape index (κ2) is 7.33. The first-order chi connectivity index (χ1) is 11.3. The number of nitrogens with zero attached hydrogens (tertiary/aromatic N) is 2. The average molecular weight is 365 g/mol. The third-order valence-electron chi connectivity index (χ3n) is 3.41. The molecule has 128 valence electrons.